The molecule has 0 unspecified atom stereocenters. The Morgan fingerprint density at radius 3 is 2.72 bits per heavy atom. The van der Waals surface area contributed by atoms with Crippen LogP contribution in [0.4, 0.5) is 16.4 Å². The minimum Gasteiger partial charge on any atom is -0.471 e. The van der Waals surface area contributed by atoms with Gasteiger partial charge >= 0.3 is 6.03 Å². The first kappa shape index (κ1) is 26.9. The number of anilines is 2. The molecule has 0 bridgehead atoms. The summed E-state index contributed by atoms with van der Waals surface area (Å²) in [4.78, 5) is 62.4. The largest absolute Gasteiger partial charge is 0.471 e. The molecule has 0 aromatic carbocycles. The van der Waals surface area contributed by atoms with Gasteiger partial charge in [-0.05, 0) is 49.8 Å². The Hall–Kier alpha value is -4.98. The molecule has 2 saturated carbocycles. The minimum absolute atomic E-state index is 0.000538. The van der Waals surface area contributed by atoms with E-state index >= 15 is 0 Å². The third kappa shape index (κ3) is 5.14. The van der Waals surface area contributed by atoms with Crippen molar-refractivity contribution < 1.29 is 24.2 Å². The number of hydrogen-bond donors (Lipinski definition) is 2. The predicted octanol–water partition coefficient (Wildman–Crippen LogP) is 2.31. The summed E-state index contributed by atoms with van der Waals surface area (Å²) in [5, 5.41) is 12.6. The lowest BCUT2D eigenvalue weighted by Crippen LogP contribution is -2.30. The fraction of sp³-hybridized carbons (Fsp3) is 0.379. The third-order valence-electron chi connectivity index (χ3n) is 7.99. The molecule has 3 fully saturated rings. The number of pyridine rings is 1. The van der Waals surface area contributed by atoms with Gasteiger partial charge in [0.1, 0.15) is 19.0 Å². The Morgan fingerprint density at radius 2 is 2.00 bits per heavy atom. The van der Waals surface area contributed by atoms with Crippen LogP contribution in [-0.2, 0) is 22.8 Å². The molecule has 1 aliphatic heterocycles. The van der Waals surface area contributed by atoms with Gasteiger partial charge in [0.25, 0.3) is 0 Å². The molecule has 43 heavy (non-hydrogen) atoms. The molecular weight excluding hydrogens is 554 g/mol. The second-order valence-corrected chi connectivity index (χ2v) is 11.2. The van der Waals surface area contributed by atoms with E-state index in [2.05, 4.69) is 25.3 Å². The molecule has 14 heteroatoms. The highest BCUT2D eigenvalue weighted by Gasteiger charge is 2.46. The molecule has 5 heterocycles. The number of aryl methyl sites for hydroxylation is 1. The molecule has 220 valence electrons. The molecule has 4 amide bonds. The first-order valence-corrected chi connectivity index (χ1v) is 14.1. The normalized spacial score (nSPS) is 19.8. The molecular formula is C29H29N9O5. The number of nitrogens with one attached hydrogen (secondary N) is 1. The van der Waals surface area contributed by atoms with Crippen molar-refractivity contribution in [2.45, 2.75) is 51.2 Å². The summed E-state index contributed by atoms with van der Waals surface area (Å²) in [6.07, 6.45) is 9.66. The quantitative estimate of drug-likeness (QED) is 0.279. The Balaban J connectivity index is 1.09. The Kier molecular flexibility index (Phi) is 6.49. The van der Waals surface area contributed by atoms with Crippen LogP contribution in [0, 0.1) is 12.8 Å². The van der Waals surface area contributed by atoms with Crippen LogP contribution < -0.4 is 15.0 Å². The molecule has 2 N–H and O–H groups in total. The summed E-state index contributed by atoms with van der Waals surface area (Å²) < 4.78 is 7.80. The number of imide groups is 1. The van der Waals surface area contributed by atoms with E-state index < -0.39 is 6.03 Å². The summed E-state index contributed by atoms with van der Waals surface area (Å²) in [6.45, 7) is 1.47. The molecule has 3 aliphatic rings. The van der Waals surface area contributed by atoms with Crippen LogP contribution in [0.3, 0.4) is 0 Å². The van der Waals surface area contributed by atoms with Crippen LogP contribution in [0.2, 0.25) is 0 Å². The Labute approximate surface area is 245 Å². The van der Waals surface area contributed by atoms with E-state index in [-0.39, 0.29) is 55.2 Å². The number of aliphatic hydroxyl groups excluding tert-OH is 1. The smallest absolute Gasteiger partial charge is 0.331 e. The topological polar surface area (TPSA) is 168 Å². The summed E-state index contributed by atoms with van der Waals surface area (Å²) in [5.41, 5.74) is 3.91. The Morgan fingerprint density at radius 1 is 1.16 bits per heavy atom. The van der Waals surface area contributed by atoms with Gasteiger partial charge in [-0.2, -0.15) is 4.98 Å². The first-order valence-electron chi connectivity index (χ1n) is 14.1. The minimum atomic E-state index is -0.396. The first-order chi connectivity index (χ1) is 20.8. The number of aliphatic hydroxyl groups is 1. The number of fused-ring (bicyclic) bond motifs is 1. The highest BCUT2D eigenvalue weighted by atomic mass is 16.5. The van der Waals surface area contributed by atoms with Crippen molar-refractivity contribution >= 4 is 35.1 Å². The van der Waals surface area contributed by atoms with Crippen LogP contribution in [-0.4, -0.2) is 70.8 Å². The molecule has 1 saturated heterocycles. The highest BCUT2D eigenvalue weighted by molar-refractivity contribution is 6.13. The van der Waals surface area contributed by atoms with Crippen LogP contribution >= 0.6 is 0 Å². The van der Waals surface area contributed by atoms with E-state index in [1.165, 1.54) is 18.1 Å². The average Bonchev–Trinajstić information content (AvgIpc) is 3.93. The number of urea groups is 1. The zero-order valence-electron chi connectivity index (χ0n) is 23.6. The zero-order chi connectivity index (χ0) is 29.8. The van der Waals surface area contributed by atoms with Gasteiger partial charge in [-0.1, -0.05) is 0 Å². The molecule has 2 aliphatic carbocycles. The third-order valence-corrected chi connectivity index (χ3v) is 7.99. The van der Waals surface area contributed by atoms with Crippen LogP contribution in [0.15, 0.2) is 36.9 Å². The Bertz CT molecular complexity index is 1790. The van der Waals surface area contributed by atoms with Gasteiger partial charge in [0.2, 0.25) is 23.6 Å². The van der Waals surface area contributed by atoms with Gasteiger partial charge in [-0.25, -0.2) is 24.7 Å². The molecule has 14 nitrogen and oxygen atoms in total. The highest BCUT2D eigenvalue weighted by Crippen LogP contribution is 2.46. The number of aromatic nitrogens is 6. The second-order valence-electron chi connectivity index (χ2n) is 11.2. The summed E-state index contributed by atoms with van der Waals surface area (Å²) in [6, 6.07) is 3.35. The van der Waals surface area contributed by atoms with E-state index in [0.717, 1.165) is 29.0 Å². The summed E-state index contributed by atoms with van der Waals surface area (Å²) in [7, 11) is 1.47. The van der Waals surface area contributed by atoms with E-state index in [4.69, 9.17) is 9.72 Å². The number of likely N-dealkylation sites (N-methyl/N-ethyl adjacent to an activating group) is 1. The maximum Gasteiger partial charge on any atom is 0.331 e. The molecule has 0 radical (unpaired) electrons. The lowest BCUT2D eigenvalue weighted by molar-refractivity contribution is -0.124. The van der Waals surface area contributed by atoms with Crippen LogP contribution in [0.1, 0.15) is 59.4 Å². The van der Waals surface area contributed by atoms with Gasteiger partial charge in [0.15, 0.2) is 5.65 Å². The van der Waals surface area contributed by atoms with Gasteiger partial charge in [0.05, 0.1) is 23.6 Å². The number of ether oxygens (including phenoxy) is 1. The van der Waals surface area contributed by atoms with Crippen LogP contribution in [0.25, 0.3) is 5.65 Å². The van der Waals surface area contributed by atoms with Gasteiger partial charge in [-0.15, -0.1) is 0 Å². The van der Waals surface area contributed by atoms with Gasteiger partial charge < -0.3 is 14.2 Å². The zero-order valence-corrected chi connectivity index (χ0v) is 23.6. The van der Waals surface area contributed by atoms with E-state index in [9.17, 15) is 19.5 Å². The number of hydrogen-bond acceptors (Lipinski definition) is 10. The van der Waals surface area contributed by atoms with E-state index in [1.807, 2.05) is 29.7 Å². The van der Waals surface area contributed by atoms with E-state index in [1.54, 1.807) is 12.4 Å². The summed E-state index contributed by atoms with van der Waals surface area (Å²) in [5.74, 6) is 0.374. The van der Waals surface area contributed by atoms with Crippen LogP contribution in [0.5, 0.6) is 5.88 Å². The van der Waals surface area contributed by atoms with E-state index in [0.29, 0.717) is 40.8 Å². The number of imidazole rings is 1. The predicted molar refractivity (Wildman–Crippen MR) is 151 cm³/mol. The lowest BCUT2D eigenvalue weighted by atomic mass is 10.1. The van der Waals surface area contributed by atoms with Crippen molar-refractivity contribution in [1.82, 2.24) is 34.2 Å². The van der Waals surface area contributed by atoms with Crippen molar-refractivity contribution in [3.63, 3.8) is 0 Å². The monoisotopic (exact) mass is 583 g/mol. The van der Waals surface area contributed by atoms with Crippen molar-refractivity contribution in [2.75, 3.05) is 23.8 Å². The van der Waals surface area contributed by atoms with Crippen molar-refractivity contribution in [1.29, 1.82) is 0 Å². The number of amides is 4. The van der Waals surface area contributed by atoms with Crippen molar-refractivity contribution in [3.8, 4) is 5.88 Å². The number of carbonyl (C=O) groups excluding carboxylic acids is 3. The standard InChI is InChI=1S/C29H29N9O5/c1-15-5-6-30-24(32-15)20-8-21(20)26(41)34-28-31-9-18(13-39)27(35-28)43-14-19-11-37-10-17(16-3-4-16)7-22(25(37)33-19)38-12-23(40)36(2)29(38)42/h5-7,9-11,16,20-21,39H,3-4,8,12-14H2,1-2H3,(H,31,34,35,41)/t20-,21-/m0/s1. The molecule has 4 aromatic rings. The number of rotatable bonds is 9. The maximum atomic E-state index is 12.9. The fourth-order valence-corrected chi connectivity index (χ4v) is 5.29. The molecule has 0 spiro atoms. The molecule has 4 aromatic heterocycles. The molecule has 7 rings (SSSR count). The second kappa shape index (κ2) is 10.4. The van der Waals surface area contributed by atoms with Crippen molar-refractivity contribution in [2.24, 2.45) is 5.92 Å². The number of nitrogens with zero attached hydrogens (tertiary/aromatic N) is 8. The lowest BCUT2D eigenvalue weighted by Gasteiger charge is -2.17. The summed E-state index contributed by atoms with van der Waals surface area (Å²) >= 11 is 0. The number of carbonyl (C=O) groups is 3. The fourth-order valence-electron chi connectivity index (χ4n) is 5.29. The van der Waals surface area contributed by atoms with Crippen molar-refractivity contribution in [3.05, 3.63) is 65.3 Å². The van der Waals surface area contributed by atoms with Gasteiger partial charge in [-0.3, -0.25) is 24.7 Å². The molecule has 2 atom stereocenters. The maximum absolute atomic E-state index is 12.9. The SMILES string of the molecule is Cc1ccnc([C@H]2C[C@@H]2C(=O)Nc2ncc(CO)c(OCc3cn4cc(C5CC5)cc(N5CC(=O)N(C)C5=O)c4n3)n2)n1. The van der Waals surface area contributed by atoms with Gasteiger partial charge in [0, 0.05) is 49.4 Å². The average molecular weight is 584 g/mol.